The van der Waals surface area contributed by atoms with Crippen molar-refractivity contribution in [3.63, 3.8) is 0 Å². The number of nitrogens with one attached hydrogen (secondary N) is 1. The molecule has 0 fully saturated rings. The Morgan fingerprint density at radius 3 is 1.38 bits per heavy atom. The highest BCUT2D eigenvalue weighted by Crippen LogP contribution is 1.85. The highest BCUT2D eigenvalue weighted by Gasteiger charge is 1.83. The molecule has 0 amide bonds. The summed E-state index contributed by atoms with van der Waals surface area (Å²) >= 11 is 0. The van der Waals surface area contributed by atoms with E-state index in [9.17, 15) is 0 Å². The molecule has 0 bridgehead atoms. The molecule has 0 aromatic rings. The molecule has 0 rings (SSSR count). The number of hydrogen-bond donors (Lipinski definition) is 1. The molecule has 0 aromatic carbocycles. The summed E-state index contributed by atoms with van der Waals surface area (Å²) < 4.78 is 0. The summed E-state index contributed by atoms with van der Waals surface area (Å²) in [6.45, 7) is 13.8. The summed E-state index contributed by atoms with van der Waals surface area (Å²) in [7, 11) is -0.139. The average Bonchev–Trinajstić information content (AvgIpc) is 2.03. The maximum absolute atomic E-state index is 3.39. The minimum absolute atomic E-state index is 0.139. The molecule has 0 radical (unpaired) electrons. The molecule has 0 aliphatic rings. The Balaban J connectivity index is 0. The van der Waals surface area contributed by atoms with Crippen LogP contribution in [0.4, 0.5) is 0 Å². The van der Waals surface area contributed by atoms with Crippen LogP contribution in [0.25, 0.3) is 0 Å². The minimum atomic E-state index is -0.139. The summed E-state index contributed by atoms with van der Waals surface area (Å²) in [4.78, 5) is 0. The predicted octanol–water partition coefficient (Wildman–Crippen LogP) is 3.28. The minimum Gasteiger partial charge on any atom is -0.317 e. The lowest BCUT2D eigenvalue weighted by molar-refractivity contribution is 0.611. The average molecular weight is 203 g/mol. The lowest BCUT2D eigenvalue weighted by atomic mass is 10.3. The molecule has 13 heavy (non-hydrogen) atoms. The molecular weight excluding hydrogens is 174 g/mol. The van der Waals surface area contributed by atoms with Crippen LogP contribution in [0.2, 0.25) is 19.6 Å². The van der Waals surface area contributed by atoms with Gasteiger partial charge in [0.15, 0.2) is 0 Å². The van der Waals surface area contributed by atoms with Crippen LogP contribution >= 0.6 is 0 Å². The van der Waals surface area contributed by atoms with E-state index in [1.807, 2.05) is 0 Å². The van der Waals surface area contributed by atoms with Crippen LogP contribution < -0.4 is 5.32 Å². The first-order chi connectivity index (χ1) is 6.15. The van der Waals surface area contributed by atoms with E-state index in [0.717, 1.165) is 0 Å². The molecule has 0 aromatic heterocycles. The molecule has 0 spiro atoms. The van der Waals surface area contributed by atoms with Crippen molar-refractivity contribution < 1.29 is 0 Å². The van der Waals surface area contributed by atoms with Crippen LogP contribution in [-0.4, -0.2) is 21.9 Å². The molecule has 0 saturated carbocycles. The van der Waals surface area contributed by atoms with E-state index >= 15 is 0 Å². The third-order valence-corrected chi connectivity index (χ3v) is 1.41. The van der Waals surface area contributed by atoms with Gasteiger partial charge in [-0.25, -0.2) is 0 Å². The van der Waals surface area contributed by atoms with Crippen LogP contribution in [0.3, 0.4) is 0 Å². The predicted molar refractivity (Wildman–Crippen MR) is 67.4 cm³/mol. The van der Waals surface area contributed by atoms with E-state index in [2.05, 4.69) is 38.8 Å². The molecule has 0 saturated heterocycles. The van der Waals surface area contributed by atoms with Gasteiger partial charge in [-0.3, -0.25) is 0 Å². The van der Waals surface area contributed by atoms with Crippen molar-refractivity contribution in [2.75, 3.05) is 13.1 Å². The first-order valence-corrected chi connectivity index (χ1v) is 9.32. The van der Waals surface area contributed by atoms with Crippen molar-refractivity contribution >= 4 is 8.80 Å². The van der Waals surface area contributed by atoms with E-state index in [-0.39, 0.29) is 8.80 Å². The highest BCUT2D eigenvalue weighted by molar-refractivity contribution is 6.54. The van der Waals surface area contributed by atoms with Crippen molar-refractivity contribution in [3.8, 4) is 0 Å². The molecule has 1 N–H and O–H groups in total. The highest BCUT2D eigenvalue weighted by atomic mass is 28.3. The Labute approximate surface area is 86.9 Å². The maximum atomic E-state index is 3.39. The van der Waals surface area contributed by atoms with E-state index in [0.29, 0.717) is 0 Å². The van der Waals surface area contributed by atoms with Gasteiger partial charge >= 0.3 is 0 Å². The lowest BCUT2D eigenvalue weighted by Gasteiger charge is -1.99. The second-order valence-electron chi connectivity index (χ2n) is 4.19. The second-order valence-corrected chi connectivity index (χ2v) is 7.65. The summed E-state index contributed by atoms with van der Waals surface area (Å²) in [5.41, 5.74) is 0. The van der Waals surface area contributed by atoms with Gasteiger partial charge in [0.05, 0.1) is 0 Å². The zero-order valence-corrected chi connectivity index (χ0v) is 11.5. The SMILES string of the molecule is CCCCNCCCC.C[SiH](C)C. The van der Waals surface area contributed by atoms with Gasteiger partial charge in [-0.05, 0) is 25.9 Å². The van der Waals surface area contributed by atoms with Gasteiger partial charge in [-0.2, -0.15) is 0 Å². The summed E-state index contributed by atoms with van der Waals surface area (Å²) in [5, 5.41) is 3.39. The Morgan fingerprint density at radius 1 is 0.846 bits per heavy atom. The van der Waals surface area contributed by atoms with Crippen molar-refractivity contribution in [1.29, 1.82) is 0 Å². The quantitative estimate of drug-likeness (QED) is 0.516. The smallest absolute Gasteiger partial charge is 0.0274 e. The molecule has 0 unspecified atom stereocenters. The van der Waals surface area contributed by atoms with Gasteiger partial charge < -0.3 is 5.32 Å². The van der Waals surface area contributed by atoms with Crippen LogP contribution in [-0.2, 0) is 0 Å². The Bertz CT molecular complexity index is 65.7. The third-order valence-electron chi connectivity index (χ3n) is 1.41. The Kier molecular flexibility index (Phi) is 17.7. The molecular formula is C11H29NSi. The second kappa shape index (κ2) is 14.7. The van der Waals surface area contributed by atoms with Gasteiger partial charge in [0.25, 0.3) is 0 Å². The van der Waals surface area contributed by atoms with Gasteiger partial charge in [0.2, 0.25) is 0 Å². The normalized spacial score (nSPS) is 9.69. The van der Waals surface area contributed by atoms with Gasteiger partial charge in [-0.15, -0.1) is 0 Å². The number of rotatable bonds is 6. The summed E-state index contributed by atoms with van der Waals surface area (Å²) in [6, 6.07) is 0. The Hall–Kier alpha value is 0.177. The van der Waals surface area contributed by atoms with Crippen molar-refractivity contribution in [3.05, 3.63) is 0 Å². The Morgan fingerprint density at radius 2 is 1.15 bits per heavy atom. The number of unbranched alkanes of at least 4 members (excludes halogenated alkanes) is 2. The summed E-state index contributed by atoms with van der Waals surface area (Å²) in [5.74, 6) is 0. The van der Waals surface area contributed by atoms with Crippen molar-refractivity contribution in [1.82, 2.24) is 5.32 Å². The fourth-order valence-corrected chi connectivity index (χ4v) is 0.729. The zero-order valence-electron chi connectivity index (χ0n) is 10.3. The fourth-order valence-electron chi connectivity index (χ4n) is 0.729. The van der Waals surface area contributed by atoms with Crippen LogP contribution in [0.1, 0.15) is 39.5 Å². The molecule has 0 heterocycles. The van der Waals surface area contributed by atoms with Gasteiger partial charge in [0, 0.05) is 8.80 Å². The third kappa shape index (κ3) is 33.1. The molecule has 1 nitrogen and oxygen atoms in total. The van der Waals surface area contributed by atoms with Gasteiger partial charge in [0.1, 0.15) is 0 Å². The standard InChI is InChI=1S/C8H19N.C3H10Si/c1-3-5-7-9-8-6-4-2;1-4(2)3/h9H,3-8H2,1-2H3;4H,1-3H3. The van der Waals surface area contributed by atoms with Crippen molar-refractivity contribution in [2.24, 2.45) is 0 Å². The zero-order chi connectivity index (χ0) is 10.5. The van der Waals surface area contributed by atoms with E-state index < -0.39 is 0 Å². The maximum Gasteiger partial charge on any atom is 0.0274 e. The van der Waals surface area contributed by atoms with E-state index in [4.69, 9.17) is 0 Å². The fraction of sp³-hybridized carbons (Fsp3) is 1.00. The first-order valence-electron chi connectivity index (χ1n) is 5.85. The lowest BCUT2D eigenvalue weighted by Crippen LogP contribution is -2.15. The topological polar surface area (TPSA) is 12.0 Å². The monoisotopic (exact) mass is 203 g/mol. The summed E-state index contributed by atoms with van der Waals surface area (Å²) in [6.07, 6.45) is 5.26. The largest absolute Gasteiger partial charge is 0.317 e. The van der Waals surface area contributed by atoms with E-state index in [1.165, 1.54) is 38.8 Å². The molecule has 82 valence electrons. The molecule has 0 aliphatic heterocycles. The molecule has 0 atom stereocenters. The van der Waals surface area contributed by atoms with Gasteiger partial charge in [-0.1, -0.05) is 46.3 Å². The number of hydrogen-bond acceptors (Lipinski definition) is 1. The molecule has 0 aliphatic carbocycles. The van der Waals surface area contributed by atoms with Crippen LogP contribution in [0.15, 0.2) is 0 Å². The van der Waals surface area contributed by atoms with E-state index in [1.54, 1.807) is 0 Å². The first kappa shape index (κ1) is 15.6. The van der Waals surface area contributed by atoms with Crippen LogP contribution in [0, 0.1) is 0 Å². The van der Waals surface area contributed by atoms with Crippen LogP contribution in [0.5, 0.6) is 0 Å². The van der Waals surface area contributed by atoms with Crippen molar-refractivity contribution in [2.45, 2.75) is 59.2 Å². The molecule has 2 heteroatoms.